The van der Waals surface area contributed by atoms with Crippen LogP contribution >= 0.6 is 0 Å². The molecular formula is C31H31F3N6O3. The summed E-state index contributed by atoms with van der Waals surface area (Å²) in [4.78, 5) is 40.4. The summed E-state index contributed by atoms with van der Waals surface area (Å²) in [6.07, 6.45) is -3.13. The molecule has 1 spiro atoms. The topological polar surface area (TPSA) is 93.8 Å². The van der Waals surface area contributed by atoms with Crippen molar-refractivity contribution in [3.8, 4) is 5.75 Å². The van der Waals surface area contributed by atoms with E-state index in [1.807, 2.05) is 53.4 Å². The number of para-hydroxylation sites is 2. The first-order valence-corrected chi connectivity index (χ1v) is 14.0. The number of benzene rings is 3. The maximum absolute atomic E-state index is 13.8. The van der Waals surface area contributed by atoms with Gasteiger partial charge in [-0.25, -0.2) is 9.78 Å². The van der Waals surface area contributed by atoms with Gasteiger partial charge in [0.15, 0.2) is 0 Å². The SMILES string of the molecule is COc1ccc(CN2C(=O)N(CC(=O)Nc3ccc(C(F)(F)F)cc3)CC23CCN(c2nc4ccccc4[nH]2)CC3)cc1. The van der Waals surface area contributed by atoms with Crippen LogP contribution in [-0.4, -0.2) is 70.5 Å². The zero-order valence-electron chi connectivity index (χ0n) is 23.5. The average Bonchev–Trinajstić information content (AvgIpc) is 3.53. The van der Waals surface area contributed by atoms with E-state index in [-0.39, 0.29) is 18.3 Å². The van der Waals surface area contributed by atoms with E-state index in [2.05, 4.69) is 15.2 Å². The van der Waals surface area contributed by atoms with Crippen LogP contribution in [0.15, 0.2) is 72.8 Å². The lowest BCUT2D eigenvalue weighted by Crippen LogP contribution is -2.54. The molecule has 2 fully saturated rings. The first kappa shape index (κ1) is 28.4. The number of rotatable bonds is 7. The molecule has 3 aromatic carbocycles. The van der Waals surface area contributed by atoms with Crippen LogP contribution in [0.2, 0.25) is 0 Å². The zero-order valence-corrected chi connectivity index (χ0v) is 23.5. The lowest BCUT2D eigenvalue weighted by Gasteiger charge is -2.43. The summed E-state index contributed by atoms with van der Waals surface area (Å²) in [5.74, 6) is 1.02. The van der Waals surface area contributed by atoms with E-state index >= 15 is 0 Å². The minimum Gasteiger partial charge on any atom is -0.497 e. The number of carbonyl (C=O) groups excluding carboxylic acids is 2. The molecule has 3 heterocycles. The molecule has 1 aromatic heterocycles. The van der Waals surface area contributed by atoms with Crippen LogP contribution in [0.1, 0.15) is 24.0 Å². The maximum Gasteiger partial charge on any atom is 0.416 e. The number of alkyl halides is 3. The summed E-state index contributed by atoms with van der Waals surface area (Å²) in [7, 11) is 1.59. The number of piperidine rings is 1. The monoisotopic (exact) mass is 592 g/mol. The summed E-state index contributed by atoms with van der Waals surface area (Å²) in [5, 5.41) is 2.62. The number of methoxy groups -OCH3 is 1. The molecule has 6 rings (SSSR count). The van der Waals surface area contributed by atoms with Gasteiger partial charge in [-0.15, -0.1) is 0 Å². The van der Waals surface area contributed by atoms with E-state index in [1.54, 1.807) is 7.11 Å². The van der Waals surface area contributed by atoms with Gasteiger partial charge in [0.05, 0.1) is 29.2 Å². The second-order valence-corrected chi connectivity index (χ2v) is 11.0. The Kier molecular flexibility index (Phi) is 7.37. The van der Waals surface area contributed by atoms with Crippen molar-refractivity contribution in [2.24, 2.45) is 0 Å². The first-order chi connectivity index (χ1) is 20.6. The third-order valence-electron chi connectivity index (χ3n) is 8.26. The van der Waals surface area contributed by atoms with Crippen LogP contribution < -0.4 is 15.0 Å². The number of nitrogens with zero attached hydrogens (tertiary/aromatic N) is 4. The quantitative estimate of drug-likeness (QED) is 0.296. The van der Waals surface area contributed by atoms with Crippen molar-refractivity contribution in [1.82, 2.24) is 19.8 Å². The van der Waals surface area contributed by atoms with E-state index in [0.29, 0.717) is 44.8 Å². The molecule has 12 heteroatoms. The molecule has 2 aliphatic rings. The fourth-order valence-electron chi connectivity index (χ4n) is 5.92. The van der Waals surface area contributed by atoms with Crippen LogP contribution in [0.25, 0.3) is 11.0 Å². The van der Waals surface area contributed by atoms with Crippen molar-refractivity contribution in [1.29, 1.82) is 0 Å². The number of urea groups is 1. The Morgan fingerprint density at radius 2 is 1.72 bits per heavy atom. The molecule has 9 nitrogen and oxygen atoms in total. The molecule has 0 saturated carbocycles. The fraction of sp³-hybridized carbons (Fsp3) is 0.323. The minimum atomic E-state index is -4.47. The van der Waals surface area contributed by atoms with Crippen LogP contribution in [-0.2, 0) is 17.5 Å². The molecule has 0 atom stereocenters. The van der Waals surface area contributed by atoms with Crippen molar-refractivity contribution in [3.63, 3.8) is 0 Å². The number of hydrogen-bond acceptors (Lipinski definition) is 5. The number of carbonyl (C=O) groups is 2. The second-order valence-electron chi connectivity index (χ2n) is 11.0. The molecule has 2 aliphatic heterocycles. The molecule has 0 bridgehead atoms. The third-order valence-corrected chi connectivity index (χ3v) is 8.26. The van der Waals surface area contributed by atoms with E-state index in [4.69, 9.17) is 9.72 Å². The van der Waals surface area contributed by atoms with Crippen LogP contribution in [0.3, 0.4) is 0 Å². The molecule has 2 N–H and O–H groups in total. The van der Waals surface area contributed by atoms with Gasteiger partial charge in [0.2, 0.25) is 11.9 Å². The van der Waals surface area contributed by atoms with Gasteiger partial charge in [0.1, 0.15) is 12.3 Å². The van der Waals surface area contributed by atoms with E-state index in [9.17, 15) is 22.8 Å². The largest absolute Gasteiger partial charge is 0.497 e. The van der Waals surface area contributed by atoms with E-state index in [1.165, 1.54) is 17.0 Å². The molecule has 4 aromatic rings. The number of aromatic amines is 1. The predicted molar refractivity (Wildman–Crippen MR) is 156 cm³/mol. The molecule has 43 heavy (non-hydrogen) atoms. The summed E-state index contributed by atoms with van der Waals surface area (Å²) in [6, 6.07) is 19.4. The van der Waals surface area contributed by atoms with Gasteiger partial charge in [0.25, 0.3) is 0 Å². The molecular weight excluding hydrogens is 561 g/mol. The Balaban J connectivity index is 1.18. The van der Waals surface area contributed by atoms with Gasteiger partial charge in [-0.05, 0) is 66.9 Å². The molecule has 0 unspecified atom stereocenters. The van der Waals surface area contributed by atoms with E-state index < -0.39 is 23.2 Å². The van der Waals surface area contributed by atoms with Crippen molar-refractivity contribution in [2.75, 3.05) is 43.5 Å². The second kappa shape index (κ2) is 11.2. The molecule has 2 saturated heterocycles. The van der Waals surface area contributed by atoms with Crippen molar-refractivity contribution in [2.45, 2.75) is 31.1 Å². The molecule has 0 radical (unpaired) electrons. The third kappa shape index (κ3) is 5.81. The number of imidazole rings is 1. The van der Waals surface area contributed by atoms with Crippen LogP contribution in [0, 0.1) is 0 Å². The van der Waals surface area contributed by atoms with Gasteiger partial charge in [-0.1, -0.05) is 24.3 Å². The highest BCUT2D eigenvalue weighted by molar-refractivity contribution is 5.95. The Morgan fingerprint density at radius 3 is 2.37 bits per heavy atom. The van der Waals surface area contributed by atoms with Crippen molar-refractivity contribution < 1.29 is 27.5 Å². The highest BCUT2D eigenvalue weighted by Gasteiger charge is 2.51. The summed E-state index contributed by atoms with van der Waals surface area (Å²) in [6.45, 7) is 1.84. The standard InChI is InChI=1S/C31H31F3N6O3/c1-43-24-12-6-21(7-13-24)18-40-29(42)39(19-27(41)35-23-10-8-22(9-11-23)31(32,33)34)20-30(40)14-16-38(17-15-30)28-36-25-4-2-3-5-26(25)37-28/h2-13H,14-20H2,1H3,(H,35,41)(H,36,37). The van der Waals surface area contributed by atoms with Gasteiger partial charge in [0, 0.05) is 31.9 Å². The van der Waals surface area contributed by atoms with Gasteiger partial charge in [-0.3, -0.25) is 4.79 Å². The van der Waals surface area contributed by atoms with Gasteiger partial charge >= 0.3 is 12.2 Å². The van der Waals surface area contributed by atoms with Gasteiger partial charge < -0.3 is 29.7 Å². The number of nitrogens with one attached hydrogen (secondary N) is 2. The summed E-state index contributed by atoms with van der Waals surface area (Å²) in [5.41, 5.74) is 1.71. The number of amides is 3. The van der Waals surface area contributed by atoms with Crippen LogP contribution in [0.5, 0.6) is 5.75 Å². The summed E-state index contributed by atoms with van der Waals surface area (Å²) >= 11 is 0. The number of aromatic nitrogens is 2. The number of fused-ring (bicyclic) bond motifs is 1. The minimum absolute atomic E-state index is 0.214. The first-order valence-electron chi connectivity index (χ1n) is 14.0. The lowest BCUT2D eigenvalue weighted by molar-refractivity contribution is -0.137. The smallest absolute Gasteiger partial charge is 0.416 e. The number of halogens is 3. The Hall–Kier alpha value is -4.74. The number of hydrogen-bond donors (Lipinski definition) is 2. The van der Waals surface area contributed by atoms with Gasteiger partial charge in [-0.2, -0.15) is 13.2 Å². The Bertz CT molecular complexity index is 1580. The normalized spacial score (nSPS) is 16.7. The highest BCUT2D eigenvalue weighted by atomic mass is 19.4. The number of ether oxygens (including phenoxy) is 1. The fourth-order valence-corrected chi connectivity index (χ4v) is 5.92. The van der Waals surface area contributed by atoms with Crippen molar-refractivity contribution >= 4 is 34.6 Å². The van der Waals surface area contributed by atoms with Crippen molar-refractivity contribution in [3.05, 3.63) is 83.9 Å². The predicted octanol–water partition coefficient (Wildman–Crippen LogP) is 5.51. The zero-order chi connectivity index (χ0) is 30.2. The maximum atomic E-state index is 13.8. The number of H-pyrrole nitrogens is 1. The summed E-state index contributed by atoms with van der Waals surface area (Å²) < 4.78 is 44.0. The van der Waals surface area contributed by atoms with Crippen LogP contribution in [0.4, 0.5) is 29.6 Å². The number of anilines is 2. The Labute approximate surface area is 246 Å². The highest BCUT2D eigenvalue weighted by Crippen LogP contribution is 2.38. The van der Waals surface area contributed by atoms with E-state index in [0.717, 1.165) is 34.7 Å². The Morgan fingerprint density at radius 1 is 1.02 bits per heavy atom. The average molecular weight is 593 g/mol. The molecule has 0 aliphatic carbocycles. The lowest BCUT2D eigenvalue weighted by atomic mass is 9.86. The molecule has 224 valence electrons. The molecule has 3 amide bonds.